The maximum Gasteiger partial charge on any atom is 3.00 e. The molecule has 64 valence electrons. The van der Waals surface area contributed by atoms with Crippen LogP contribution in [0.5, 0.6) is 11.5 Å². The van der Waals surface area contributed by atoms with Crippen molar-refractivity contribution in [1.29, 1.82) is 0 Å². The zero-order valence-corrected chi connectivity index (χ0v) is 9.95. The second kappa shape index (κ2) is 5.94. The van der Waals surface area contributed by atoms with E-state index in [9.17, 15) is 4.79 Å². The average molecular weight is 255 g/mol. The quantitative estimate of drug-likeness (QED) is 0.814. The van der Waals surface area contributed by atoms with Gasteiger partial charge >= 0.3 is 32.7 Å². The third kappa shape index (κ3) is 4.24. The monoisotopic (exact) mass is 255 g/mol. The minimum absolute atomic E-state index is 0. The number of methoxy groups -OCH3 is 1. The minimum atomic E-state index is -1.07. The first-order valence-corrected chi connectivity index (χ1v) is 3.30. The Morgan fingerprint density at radius 3 is 2.08 bits per heavy atom. The molecule has 0 bridgehead atoms. The SMILES string of the molecule is COc1ccc(OC([NH-])=O)cc1.[Y+3]. The Hall–Kier alpha value is -0.606. The van der Waals surface area contributed by atoms with Gasteiger partial charge in [-0.2, -0.15) is 0 Å². The molecule has 4 nitrogen and oxygen atoms in total. The number of amides is 1. The first-order chi connectivity index (χ1) is 5.72. The van der Waals surface area contributed by atoms with Gasteiger partial charge < -0.3 is 15.2 Å². The standard InChI is InChI=1S/C8H9NO3.Y/c1-11-6-2-4-7(5-3-6)12-8(9)10;/h2-5H,1H3,(H2,9,10);/q;+3/p-1. The van der Waals surface area contributed by atoms with Crippen LogP contribution in [0.25, 0.3) is 5.73 Å². The van der Waals surface area contributed by atoms with Crippen LogP contribution in [0.2, 0.25) is 0 Å². The van der Waals surface area contributed by atoms with Crippen molar-refractivity contribution in [3.8, 4) is 11.5 Å². The number of hydrogen-bond donors (Lipinski definition) is 0. The second-order valence-electron chi connectivity index (χ2n) is 2.07. The van der Waals surface area contributed by atoms with Gasteiger partial charge in [-0.15, -0.1) is 0 Å². The van der Waals surface area contributed by atoms with Gasteiger partial charge in [-0.1, -0.05) is 0 Å². The number of ether oxygens (including phenoxy) is 2. The molecule has 0 spiro atoms. The Balaban J connectivity index is 0.00000144. The molecule has 5 heteroatoms. The van der Waals surface area contributed by atoms with Crippen molar-refractivity contribution < 1.29 is 47.0 Å². The largest absolute Gasteiger partial charge is 3.00 e. The van der Waals surface area contributed by atoms with Crippen molar-refractivity contribution in [3.63, 3.8) is 0 Å². The molecule has 0 heterocycles. The van der Waals surface area contributed by atoms with E-state index in [1.165, 1.54) is 0 Å². The van der Waals surface area contributed by atoms with E-state index in [0.29, 0.717) is 11.5 Å². The Morgan fingerprint density at radius 1 is 1.23 bits per heavy atom. The zero-order valence-electron chi connectivity index (χ0n) is 7.11. The van der Waals surface area contributed by atoms with Crippen LogP contribution in [0.4, 0.5) is 4.79 Å². The molecular weight excluding hydrogens is 247 g/mol. The number of carbonyl (C=O) groups excluding carboxylic acids is 1. The molecule has 0 saturated carbocycles. The van der Waals surface area contributed by atoms with E-state index in [1.54, 1.807) is 31.4 Å². The molecule has 0 aliphatic heterocycles. The summed E-state index contributed by atoms with van der Waals surface area (Å²) in [6.07, 6.45) is -1.07. The minimum Gasteiger partial charge on any atom is -0.631 e. The molecule has 1 rings (SSSR count). The molecule has 13 heavy (non-hydrogen) atoms. The summed E-state index contributed by atoms with van der Waals surface area (Å²) < 4.78 is 9.37. The first kappa shape index (κ1) is 12.4. The summed E-state index contributed by atoms with van der Waals surface area (Å²) in [5.41, 5.74) is 6.52. The molecule has 1 aromatic rings. The Kier molecular flexibility index (Phi) is 5.66. The zero-order chi connectivity index (χ0) is 8.97. The number of hydrogen-bond acceptors (Lipinski definition) is 3. The summed E-state index contributed by atoms with van der Waals surface area (Å²) in [5, 5.41) is 0. The topological polar surface area (TPSA) is 59.3 Å². The molecule has 0 aromatic heterocycles. The van der Waals surface area contributed by atoms with E-state index in [2.05, 4.69) is 4.74 Å². The van der Waals surface area contributed by atoms with E-state index in [1.807, 2.05) is 0 Å². The molecule has 0 radical (unpaired) electrons. The molecule has 0 aliphatic carbocycles. The fraction of sp³-hybridized carbons (Fsp3) is 0.125. The molecule has 0 aliphatic rings. The van der Waals surface area contributed by atoms with Crippen molar-refractivity contribution in [2.45, 2.75) is 0 Å². The molecule has 1 aromatic carbocycles. The van der Waals surface area contributed by atoms with Crippen LogP contribution in [0.3, 0.4) is 0 Å². The van der Waals surface area contributed by atoms with Gasteiger partial charge in [0.25, 0.3) is 0 Å². The molecule has 1 amide bonds. The van der Waals surface area contributed by atoms with Crippen LogP contribution < -0.4 is 9.47 Å². The van der Waals surface area contributed by atoms with E-state index >= 15 is 0 Å². The van der Waals surface area contributed by atoms with Crippen molar-refractivity contribution in [2.24, 2.45) is 0 Å². The third-order valence-electron chi connectivity index (χ3n) is 1.27. The smallest absolute Gasteiger partial charge is 0.631 e. The molecule has 0 unspecified atom stereocenters. The van der Waals surface area contributed by atoms with Crippen LogP contribution in [0.15, 0.2) is 24.3 Å². The van der Waals surface area contributed by atoms with Crippen LogP contribution in [0.1, 0.15) is 0 Å². The van der Waals surface area contributed by atoms with Crippen molar-refractivity contribution in [3.05, 3.63) is 30.0 Å². The molecule has 0 fully saturated rings. The Morgan fingerprint density at radius 2 is 1.69 bits per heavy atom. The number of rotatable bonds is 2. The predicted octanol–water partition coefficient (Wildman–Crippen LogP) is 2.24. The van der Waals surface area contributed by atoms with Gasteiger partial charge in [0.05, 0.1) is 7.11 Å². The van der Waals surface area contributed by atoms with Gasteiger partial charge in [-0.25, -0.2) is 0 Å². The van der Waals surface area contributed by atoms with Gasteiger partial charge in [0.2, 0.25) is 6.09 Å². The average Bonchev–Trinajstić information content (AvgIpc) is 2.05. The molecule has 0 atom stereocenters. The summed E-state index contributed by atoms with van der Waals surface area (Å²) in [4.78, 5) is 10.2. The first-order valence-electron chi connectivity index (χ1n) is 3.30. The van der Waals surface area contributed by atoms with E-state index in [-0.39, 0.29) is 32.7 Å². The van der Waals surface area contributed by atoms with Crippen molar-refractivity contribution in [1.82, 2.24) is 0 Å². The number of carbonyl (C=O) groups is 1. The van der Waals surface area contributed by atoms with E-state index in [0.717, 1.165) is 0 Å². The fourth-order valence-electron chi connectivity index (χ4n) is 0.751. The molecule has 0 saturated heterocycles. The van der Waals surface area contributed by atoms with Gasteiger partial charge in [0.15, 0.2) is 0 Å². The summed E-state index contributed by atoms with van der Waals surface area (Å²) in [6.45, 7) is 0. The van der Waals surface area contributed by atoms with Crippen LogP contribution in [-0.4, -0.2) is 13.2 Å². The summed E-state index contributed by atoms with van der Waals surface area (Å²) in [7, 11) is 1.55. The predicted molar refractivity (Wildman–Crippen MR) is 43.3 cm³/mol. The number of nitrogens with one attached hydrogen (secondary N) is 1. The van der Waals surface area contributed by atoms with Gasteiger partial charge in [0, 0.05) is 0 Å². The van der Waals surface area contributed by atoms with Crippen LogP contribution in [0, 0.1) is 0 Å². The van der Waals surface area contributed by atoms with Crippen LogP contribution >= 0.6 is 0 Å². The van der Waals surface area contributed by atoms with E-state index in [4.69, 9.17) is 10.5 Å². The van der Waals surface area contributed by atoms with Crippen molar-refractivity contribution >= 4 is 6.09 Å². The fourth-order valence-corrected chi connectivity index (χ4v) is 0.751. The summed E-state index contributed by atoms with van der Waals surface area (Å²) in [6, 6.07) is 6.42. The van der Waals surface area contributed by atoms with Gasteiger partial charge in [-0.05, 0) is 24.3 Å². The van der Waals surface area contributed by atoms with Crippen LogP contribution in [-0.2, 0) is 32.7 Å². The summed E-state index contributed by atoms with van der Waals surface area (Å²) >= 11 is 0. The second-order valence-corrected chi connectivity index (χ2v) is 2.07. The maximum atomic E-state index is 10.2. The molecule has 1 N–H and O–H groups in total. The van der Waals surface area contributed by atoms with Gasteiger partial charge in [-0.3, -0.25) is 4.79 Å². The maximum absolute atomic E-state index is 10.2. The van der Waals surface area contributed by atoms with Crippen molar-refractivity contribution in [2.75, 3.05) is 7.11 Å². The third-order valence-corrected chi connectivity index (χ3v) is 1.27. The molecular formula is C8H8NO3Y+2. The normalized spacial score (nSPS) is 8.38. The van der Waals surface area contributed by atoms with Gasteiger partial charge in [0.1, 0.15) is 11.5 Å². The summed E-state index contributed by atoms with van der Waals surface area (Å²) in [5.74, 6) is 1.02. The Labute approximate surface area is 101 Å². The number of benzene rings is 1. The Bertz CT molecular complexity index is 273. The van der Waals surface area contributed by atoms with E-state index < -0.39 is 6.09 Å².